The smallest absolute Gasteiger partial charge is 0.255 e. The van der Waals surface area contributed by atoms with Crippen molar-refractivity contribution in [3.05, 3.63) is 62.6 Å². The third-order valence-corrected chi connectivity index (χ3v) is 4.24. The predicted octanol–water partition coefficient (Wildman–Crippen LogP) is 4.97. The second-order valence-electron chi connectivity index (χ2n) is 4.37. The van der Waals surface area contributed by atoms with Crippen LogP contribution in [0.15, 0.2) is 40.9 Å². The van der Waals surface area contributed by atoms with Gasteiger partial charge in [0.15, 0.2) is 0 Å². The highest BCUT2D eigenvalue weighted by atomic mass is 79.9. The van der Waals surface area contributed by atoms with Gasteiger partial charge in [0.1, 0.15) is 0 Å². The SMILES string of the molecule is Cc1ccc(C)c(C(=O)Nc2cccc(Cl)c2Br)c1. The lowest BCUT2D eigenvalue weighted by atomic mass is 10.1. The quantitative estimate of drug-likeness (QED) is 0.823. The summed E-state index contributed by atoms with van der Waals surface area (Å²) < 4.78 is 0.690. The van der Waals surface area contributed by atoms with Crippen LogP contribution in [0, 0.1) is 13.8 Å². The van der Waals surface area contributed by atoms with Crippen LogP contribution in [-0.2, 0) is 0 Å². The summed E-state index contributed by atoms with van der Waals surface area (Å²) in [5, 5.41) is 3.43. The number of benzene rings is 2. The highest BCUT2D eigenvalue weighted by Crippen LogP contribution is 2.30. The van der Waals surface area contributed by atoms with E-state index in [0.29, 0.717) is 20.7 Å². The van der Waals surface area contributed by atoms with Gasteiger partial charge in [0.25, 0.3) is 5.91 Å². The molecule has 1 amide bonds. The van der Waals surface area contributed by atoms with Crippen molar-refractivity contribution in [2.45, 2.75) is 13.8 Å². The van der Waals surface area contributed by atoms with Gasteiger partial charge in [0.05, 0.1) is 15.2 Å². The van der Waals surface area contributed by atoms with Gasteiger partial charge in [-0.1, -0.05) is 35.4 Å². The number of rotatable bonds is 2. The minimum absolute atomic E-state index is 0.135. The molecule has 0 saturated heterocycles. The number of carbonyl (C=O) groups excluding carboxylic acids is 1. The molecule has 1 N–H and O–H groups in total. The van der Waals surface area contributed by atoms with Gasteiger partial charge < -0.3 is 5.32 Å². The van der Waals surface area contributed by atoms with Crippen LogP contribution in [0.3, 0.4) is 0 Å². The summed E-state index contributed by atoms with van der Waals surface area (Å²) in [4.78, 5) is 12.3. The molecule has 0 fully saturated rings. The molecule has 0 unspecified atom stereocenters. The van der Waals surface area contributed by atoms with E-state index in [-0.39, 0.29) is 5.91 Å². The van der Waals surface area contributed by atoms with E-state index in [1.807, 2.05) is 32.0 Å². The van der Waals surface area contributed by atoms with Crippen molar-refractivity contribution in [1.29, 1.82) is 0 Å². The van der Waals surface area contributed by atoms with E-state index in [9.17, 15) is 4.79 Å². The fourth-order valence-corrected chi connectivity index (χ4v) is 2.31. The molecule has 0 heterocycles. The van der Waals surface area contributed by atoms with Crippen molar-refractivity contribution < 1.29 is 4.79 Å². The Morgan fingerprint density at radius 2 is 1.95 bits per heavy atom. The average molecular weight is 339 g/mol. The molecule has 0 atom stereocenters. The highest BCUT2D eigenvalue weighted by molar-refractivity contribution is 9.10. The highest BCUT2D eigenvalue weighted by Gasteiger charge is 2.12. The largest absolute Gasteiger partial charge is 0.321 e. The number of amides is 1. The van der Waals surface area contributed by atoms with Gasteiger partial charge in [0, 0.05) is 5.56 Å². The fourth-order valence-electron chi connectivity index (χ4n) is 1.77. The Balaban J connectivity index is 2.31. The average Bonchev–Trinajstić information content (AvgIpc) is 2.38. The van der Waals surface area contributed by atoms with Gasteiger partial charge in [0.2, 0.25) is 0 Å². The summed E-state index contributed by atoms with van der Waals surface area (Å²) in [6.07, 6.45) is 0. The molecular formula is C15H13BrClNO. The molecule has 0 aliphatic rings. The maximum absolute atomic E-state index is 12.3. The van der Waals surface area contributed by atoms with E-state index in [1.165, 1.54) is 0 Å². The molecule has 2 rings (SSSR count). The van der Waals surface area contributed by atoms with Crippen LogP contribution in [0.5, 0.6) is 0 Å². The summed E-state index contributed by atoms with van der Waals surface area (Å²) in [5.74, 6) is -0.135. The monoisotopic (exact) mass is 337 g/mol. The molecule has 0 saturated carbocycles. The molecule has 98 valence electrons. The van der Waals surface area contributed by atoms with Crippen molar-refractivity contribution >= 4 is 39.1 Å². The first-order chi connectivity index (χ1) is 8.99. The maximum atomic E-state index is 12.3. The van der Waals surface area contributed by atoms with E-state index >= 15 is 0 Å². The van der Waals surface area contributed by atoms with E-state index in [2.05, 4.69) is 21.2 Å². The molecule has 0 aliphatic carbocycles. The number of halogens is 2. The molecule has 0 radical (unpaired) electrons. The van der Waals surface area contributed by atoms with Gasteiger partial charge in [-0.25, -0.2) is 0 Å². The topological polar surface area (TPSA) is 29.1 Å². The van der Waals surface area contributed by atoms with Gasteiger partial charge in [-0.15, -0.1) is 0 Å². The Morgan fingerprint density at radius 3 is 2.68 bits per heavy atom. The van der Waals surface area contributed by atoms with Crippen LogP contribution in [0.25, 0.3) is 0 Å². The molecule has 2 nitrogen and oxygen atoms in total. The summed E-state index contributed by atoms with van der Waals surface area (Å²) in [7, 11) is 0. The Bertz CT molecular complexity index is 640. The van der Waals surface area contributed by atoms with Crippen LogP contribution in [0.4, 0.5) is 5.69 Å². The number of aryl methyl sites for hydroxylation is 2. The number of carbonyl (C=O) groups is 1. The summed E-state index contributed by atoms with van der Waals surface area (Å²) >= 11 is 9.37. The third-order valence-electron chi connectivity index (χ3n) is 2.84. The van der Waals surface area contributed by atoms with Crippen LogP contribution in [-0.4, -0.2) is 5.91 Å². The van der Waals surface area contributed by atoms with E-state index in [4.69, 9.17) is 11.6 Å². The third kappa shape index (κ3) is 3.17. The number of anilines is 1. The second-order valence-corrected chi connectivity index (χ2v) is 5.57. The molecular weight excluding hydrogens is 326 g/mol. The van der Waals surface area contributed by atoms with Gasteiger partial charge >= 0.3 is 0 Å². The van der Waals surface area contributed by atoms with Crippen LogP contribution >= 0.6 is 27.5 Å². The zero-order valence-corrected chi connectivity index (χ0v) is 13.0. The lowest BCUT2D eigenvalue weighted by Crippen LogP contribution is -2.14. The molecule has 0 spiro atoms. The van der Waals surface area contributed by atoms with Gasteiger partial charge in [-0.2, -0.15) is 0 Å². The number of nitrogens with one attached hydrogen (secondary N) is 1. The normalized spacial score (nSPS) is 10.3. The predicted molar refractivity (Wildman–Crippen MR) is 83.0 cm³/mol. The van der Waals surface area contributed by atoms with Crippen molar-refractivity contribution in [1.82, 2.24) is 0 Å². The van der Waals surface area contributed by atoms with Crippen LogP contribution in [0.2, 0.25) is 5.02 Å². The fraction of sp³-hybridized carbons (Fsp3) is 0.133. The molecule has 4 heteroatoms. The minimum Gasteiger partial charge on any atom is -0.321 e. The summed E-state index contributed by atoms with van der Waals surface area (Å²) in [6, 6.07) is 11.2. The Morgan fingerprint density at radius 1 is 1.21 bits per heavy atom. The molecule has 2 aromatic carbocycles. The van der Waals surface area contributed by atoms with Crippen molar-refractivity contribution in [2.75, 3.05) is 5.32 Å². The van der Waals surface area contributed by atoms with E-state index in [0.717, 1.165) is 11.1 Å². The van der Waals surface area contributed by atoms with Crippen LogP contribution in [0.1, 0.15) is 21.5 Å². The van der Waals surface area contributed by atoms with Crippen molar-refractivity contribution in [3.8, 4) is 0 Å². The number of hydrogen-bond donors (Lipinski definition) is 1. The zero-order valence-electron chi connectivity index (χ0n) is 10.6. The second kappa shape index (κ2) is 5.76. The minimum atomic E-state index is -0.135. The van der Waals surface area contributed by atoms with E-state index in [1.54, 1.807) is 18.2 Å². The van der Waals surface area contributed by atoms with Gasteiger partial charge in [-0.05, 0) is 53.5 Å². The Labute approximate surface area is 125 Å². The molecule has 0 aliphatic heterocycles. The molecule has 2 aromatic rings. The molecule has 0 aromatic heterocycles. The first-order valence-electron chi connectivity index (χ1n) is 5.81. The lowest BCUT2D eigenvalue weighted by molar-refractivity contribution is 0.102. The lowest BCUT2D eigenvalue weighted by Gasteiger charge is -2.10. The first-order valence-corrected chi connectivity index (χ1v) is 6.99. The van der Waals surface area contributed by atoms with E-state index < -0.39 is 0 Å². The maximum Gasteiger partial charge on any atom is 0.255 e. The van der Waals surface area contributed by atoms with Crippen molar-refractivity contribution in [3.63, 3.8) is 0 Å². The standard InChI is InChI=1S/C15H13BrClNO/c1-9-6-7-10(2)11(8-9)15(19)18-13-5-3-4-12(17)14(13)16/h3-8H,1-2H3,(H,18,19). The summed E-state index contributed by atoms with van der Waals surface area (Å²) in [5.41, 5.74) is 3.34. The number of hydrogen-bond acceptors (Lipinski definition) is 1. The van der Waals surface area contributed by atoms with Crippen LogP contribution < -0.4 is 5.32 Å². The Hall–Kier alpha value is -1.32. The summed E-state index contributed by atoms with van der Waals surface area (Å²) in [6.45, 7) is 3.88. The first kappa shape index (κ1) is 14.1. The van der Waals surface area contributed by atoms with Gasteiger partial charge in [-0.3, -0.25) is 4.79 Å². The Kier molecular flexibility index (Phi) is 4.27. The molecule has 0 bridgehead atoms. The zero-order chi connectivity index (χ0) is 14.0. The van der Waals surface area contributed by atoms with Crippen molar-refractivity contribution in [2.24, 2.45) is 0 Å². The molecule has 19 heavy (non-hydrogen) atoms.